The van der Waals surface area contributed by atoms with Crippen LogP contribution < -0.4 is 10.1 Å². The van der Waals surface area contributed by atoms with E-state index in [1.165, 1.54) is 7.11 Å². The van der Waals surface area contributed by atoms with Crippen molar-refractivity contribution >= 4 is 39.0 Å². The van der Waals surface area contributed by atoms with Gasteiger partial charge < -0.3 is 14.8 Å². The molecule has 2 aromatic rings. The highest BCUT2D eigenvalue weighted by Gasteiger charge is 2.39. The number of ether oxygens (including phenoxy) is 2. The fourth-order valence-electron chi connectivity index (χ4n) is 4.17. The monoisotopic (exact) mass is 501 g/mol. The van der Waals surface area contributed by atoms with E-state index >= 15 is 0 Å². The van der Waals surface area contributed by atoms with E-state index in [1.54, 1.807) is 11.3 Å². The second kappa shape index (κ2) is 9.01. The second-order valence-corrected chi connectivity index (χ2v) is 9.93. The summed E-state index contributed by atoms with van der Waals surface area (Å²) < 4.78 is 12.0. The maximum Gasteiger partial charge on any atom is 0.336 e. The Labute approximate surface area is 194 Å². The first kappa shape index (κ1) is 21.8. The minimum atomic E-state index is -0.404. The molecule has 0 amide bonds. The third-order valence-corrected chi connectivity index (χ3v) is 7.40. The number of carbonyl (C=O) groups is 2. The second-order valence-electron chi connectivity index (χ2n) is 7.73. The molecule has 4 rings (SSSR count). The first-order valence-corrected chi connectivity index (χ1v) is 11.8. The highest BCUT2D eigenvalue weighted by atomic mass is 79.9. The van der Waals surface area contributed by atoms with Gasteiger partial charge in [0, 0.05) is 43.2 Å². The van der Waals surface area contributed by atoms with Crippen molar-refractivity contribution in [3.05, 3.63) is 72.7 Å². The van der Waals surface area contributed by atoms with Gasteiger partial charge in [0.25, 0.3) is 0 Å². The number of nitrogens with one attached hydrogen (secondary N) is 1. The zero-order valence-electron chi connectivity index (χ0n) is 17.7. The molecule has 1 aliphatic heterocycles. The summed E-state index contributed by atoms with van der Waals surface area (Å²) in [6.45, 7) is 4.34. The number of dihydropyridines is 1. The number of carbonyl (C=O) groups excluding carboxylic acids is 2. The summed E-state index contributed by atoms with van der Waals surface area (Å²) in [5, 5.41) is 3.30. The fraction of sp³-hybridized carbons (Fsp3) is 0.333. The minimum absolute atomic E-state index is 0.103. The highest BCUT2D eigenvalue weighted by Crippen LogP contribution is 2.45. The van der Waals surface area contributed by atoms with Gasteiger partial charge in [-0.05, 0) is 57.0 Å². The molecule has 1 aromatic carbocycles. The Balaban J connectivity index is 1.69. The topological polar surface area (TPSA) is 64.6 Å². The molecular formula is C24H24BrNO4S. The fourth-order valence-corrected chi connectivity index (χ4v) is 5.59. The molecule has 2 heterocycles. The zero-order valence-corrected chi connectivity index (χ0v) is 20.1. The predicted octanol–water partition coefficient (Wildman–Crippen LogP) is 5.54. The molecule has 7 heteroatoms. The lowest BCUT2D eigenvalue weighted by atomic mass is 9.78. The van der Waals surface area contributed by atoms with Crippen molar-refractivity contribution in [2.24, 2.45) is 0 Å². The number of rotatable bonds is 5. The van der Waals surface area contributed by atoms with Crippen molar-refractivity contribution < 1.29 is 19.1 Å². The van der Waals surface area contributed by atoms with Crippen LogP contribution in [0.5, 0.6) is 5.75 Å². The Morgan fingerprint density at radius 1 is 1.23 bits per heavy atom. The number of benzene rings is 1. The molecule has 1 unspecified atom stereocenters. The van der Waals surface area contributed by atoms with Gasteiger partial charge in [0.2, 0.25) is 0 Å². The highest BCUT2D eigenvalue weighted by molar-refractivity contribution is 9.10. The molecule has 0 saturated carbocycles. The van der Waals surface area contributed by atoms with Gasteiger partial charge >= 0.3 is 5.97 Å². The van der Waals surface area contributed by atoms with Crippen LogP contribution in [0.4, 0.5) is 0 Å². The number of ketones is 1. The smallest absolute Gasteiger partial charge is 0.336 e. The number of hydrogen-bond acceptors (Lipinski definition) is 6. The maximum atomic E-state index is 12.9. The molecule has 31 heavy (non-hydrogen) atoms. The molecule has 0 spiro atoms. The van der Waals surface area contributed by atoms with E-state index in [2.05, 4.69) is 27.3 Å². The van der Waals surface area contributed by atoms with Crippen LogP contribution >= 0.6 is 27.3 Å². The van der Waals surface area contributed by atoms with Crippen molar-refractivity contribution in [1.29, 1.82) is 0 Å². The standard InChI is InChI=1S/C24H24BrNO4S/c1-13-21(24(28)29-3)23(22-18(26-13)5-4-6-19(22)27)20-11-15(14(2)31-20)12-30-17-9-7-16(25)8-10-17/h7-11,23,26H,4-6,12H2,1-3H3. The molecule has 162 valence electrons. The molecule has 0 fully saturated rings. The quantitative estimate of drug-likeness (QED) is 0.544. The summed E-state index contributed by atoms with van der Waals surface area (Å²) in [7, 11) is 1.38. The van der Waals surface area contributed by atoms with E-state index in [9.17, 15) is 9.59 Å². The summed E-state index contributed by atoms with van der Waals surface area (Å²) >= 11 is 5.03. The Kier molecular flexibility index (Phi) is 6.34. The first-order chi connectivity index (χ1) is 14.9. The van der Waals surface area contributed by atoms with Crippen LogP contribution in [0, 0.1) is 6.92 Å². The van der Waals surface area contributed by atoms with E-state index in [1.807, 2.05) is 38.1 Å². The van der Waals surface area contributed by atoms with Gasteiger partial charge in [-0.1, -0.05) is 15.9 Å². The van der Waals surface area contributed by atoms with E-state index in [-0.39, 0.29) is 5.78 Å². The van der Waals surface area contributed by atoms with Crippen molar-refractivity contribution in [3.8, 4) is 5.75 Å². The van der Waals surface area contributed by atoms with Gasteiger partial charge in [-0.25, -0.2) is 4.79 Å². The molecular weight excluding hydrogens is 478 g/mol. The van der Waals surface area contributed by atoms with Crippen LogP contribution in [0.25, 0.3) is 0 Å². The summed E-state index contributed by atoms with van der Waals surface area (Å²) in [4.78, 5) is 27.7. The van der Waals surface area contributed by atoms with Crippen LogP contribution in [0.1, 0.15) is 47.4 Å². The van der Waals surface area contributed by atoms with Gasteiger partial charge in [0.15, 0.2) is 5.78 Å². The van der Waals surface area contributed by atoms with Crippen LogP contribution in [-0.2, 0) is 20.9 Å². The van der Waals surface area contributed by atoms with Crippen molar-refractivity contribution in [1.82, 2.24) is 5.32 Å². The van der Waals surface area contributed by atoms with Crippen molar-refractivity contribution in [3.63, 3.8) is 0 Å². The minimum Gasteiger partial charge on any atom is -0.489 e. The number of thiophene rings is 1. The van der Waals surface area contributed by atoms with E-state index in [0.717, 1.165) is 49.8 Å². The normalized spacial score (nSPS) is 18.6. The number of allylic oxidation sites excluding steroid dienone is 3. The molecule has 5 nitrogen and oxygen atoms in total. The van der Waals surface area contributed by atoms with Crippen LogP contribution in [0.3, 0.4) is 0 Å². The largest absolute Gasteiger partial charge is 0.489 e. The third kappa shape index (κ3) is 4.34. The molecule has 1 aliphatic carbocycles. The average molecular weight is 502 g/mol. The Morgan fingerprint density at radius 2 is 1.97 bits per heavy atom. The summed E-state index contributed by atoms with van der Waals surface area (Å²) in [6, 6.07) is 9.78. The lowest BCUT2D eigenvalue weighted by Gasteiger charge is -2.33. The number of Topliss-reactive ketones (excluding diaryl/α,β-unsaturated/α-hetero) is 1. The van der Waals surface area contributed by atoms with Crippen LogP contribution in [0.2, 0.25) is 0 Å². The predicted molar refractivity (Wildman–Crippen MR) is 124 cm³/mol. The third-order valence-electron chi connectivity index (χ3n) is 5.71. The van der Waals surface area contributed by atoms with E-state index in [4.69, 9.17) is 9.47 Å². The van der Waals surface area contributed by atoms with Gasteiger partial charge in [-0.3, -0.25) is 4.79 Å². The van der Waals surface area contributed by atoms with E-state index in [0.29, 0.717) is 24.2 Å². The number of esters is 1. The molecule has 1 N–H and O–H groups in total. The number of halogens is 1. The molecule has 2 aliphatic rings. The summed E-state index contributed by atoms with van der Waals surface area (Å²) in [5.41, 5.74) is 3.96. The van der Waals surface area contributed by atoms with Crippen LogP contribution in [-0.4, -0.2) is 18.9 Å². The molecule has 1 aromatic heterocycles. The van der Waals surface area contributed by atoms with Crippen molar-refractivity contribution in [2.45, 2.75) is 45.6 Å². The lowest BCUT2D eigenvalue weighted by Crippen LogP contribution is -2.33. The lowest BCUT2D eigenvalue weighted by molar-refractivity contribution is -0.136. The molecule has 0 bridgehead atoms. The van der Waals surface area contributed by atoms with Gasteiger partial charge in [-0.15, -0.1) is 11.3 Å². The maximum absolute atomic E-state index is 12.9. The van der Waals surface area contributed by atoms with E-state index < -0.39 is 11.9 Å². The van der Waals surface area contributed by atoms with Gasteiger partial charge in [0.05, 0.1) is 18.6 Å². The van der Waals surface area contributed by atoms with Crippen LogP contribution in [0.15, 0.2) is 57.3 Å². The molecule has 0 radical (unpaired) electrons. The van der Waals surface area contributed by atoms with Crippen molar-refractivity contribution in [2.75, 3.05) is 7.11 Å². The zero-order chi connectivity index (χ0) is 22.1. The summed E-state index contributed by atoms with van der Waals surface area (Å²) in [6.07, 6.45) is 2.15. The average Bonchev–Trinajstić information content (AvgIpc) is 3.12. The summed E-state index contributed by atoms with van der Waals surface area (Å²) in [5.74, 6) is 0.0855. The Bertz CT molecular complexity index is 1100. The number of hydrogen-bond donors (Lipinski definition) is 1. The molecule has 1 atom stereocenters. The number of aryl methyl sites for hydroxylation is 1. The Hall–Kier alpha value is -2.38. The van der Waals surface area contributed by atoms with Gasteiger partial charge in [0.1, 0.15) is 12.4 Å². The Morgan fingerprint density at radius 3 is 2.68 bits per heavy atom. The SMILES string of the molecule is COC(=O)C1=C(C)NC2=C(C(=O)CCC2)C1c1cc(COc2ccc(Br)cc2)c(C)s1. The first-order valence-electron chi connectivity index (χ1n) is 10.2. The molecule has 0 saturated heterocycles. The number of methoxy groups -OCH3 is 1. The van der Waals surface area contributed by atoms with Gasteiger partial charge in [-0.2, -0.15) is 0 Å².